The van der Waals surface area contributed by atoms with Crippen molar-refractivity contribution >= 4 is 31.6 Å². The maximum absolute atomic E-state index is 10.5. The Kier molecular flexibility index (Phi) is 27.0. The summed E-state index contributed by atoms with van der Waals surface area (Å²) >= 11 is 0. The Morgan fingerprint density at radius 2 is 0.839 bits per heavy atom. The molecule has 0 aromatic heterocycles. The van der Waals surface area contributed by atoms with Gasteiger partial charge >= 0.3 is 16.8 Å². The minimum Gasteiger partial charge on any atom is -0.744 e. The molecule has 0 atom stereocenters. The zero-order chi connectivity index (χ0) is 18.7. The zero-order valence-electron chi connectivity index (χ0n) is 16.7. The molecule has 0 aliphatic rings. The van der Waals surface area contributed by atoms with Crippen LogP contribution in [0.25, 0.3) is 0 Å². The zero-order valence-corrected chi connectivity index (χ0v) is 19.4. The minimum atomic E-state index is -4.37. The Hall–Kier alpha value is -1.87. The molecule has 0 spiro atoms. The third-order valence-corrected chi connectivity index (χ3v) is 4.74. The van der Waals surface area contributed by atoms with Gasteiger partial charge in [-0.2, -0.15) is 0 Å². The summed E-state index contributed by atoms with van der Waals surface area (Å²) in [7, 11) is -8.74. The average molecular weight is 545 g/mol. The number of hydrogen-bond acceptors (Lipinski definition) is 8. The van der Waals surface area contributed by atoms with Crippen molar-refractivity contribution in [3.05, 3.63) is 47.5 Å². The number of benzene rings is 2. The van der Waals surface area contributed by atoms with Crippen LogP contribution in [-0.4, -0.2) is 25.9 Å². The molecule has 0 amide bonds. The van der Waals surface area contributed by atoms with Crippen molar-refractivity contribution < 1.29 is 75.6 Å². The molecule has 2 aromatic rings. The normalized spacial score (nSPS) is 8.90. The van der Waals surface area contributed by atoms with Crippen LogP contribution in [0.1, 0.15) is 11.1 Å². The van der Waals surface area contributed by atoms with Gasteiger partial charge in [-0.1, -0.05) is 12.1 Å². The Labute approximate surface area is 189 Å². The van der Waals surface area contributed by atoms with Gasteiger partial charge in [0.05, 0.1) is 9.79 Å². The maximum Gasteiger partial charge on any atom is 2.00 e. The van der Waals surface area contributed by atoms with Crippen molar-refractivity contribution in [1.82, 2.24) is 0 Å². The van der Waals surface area contributed by atoms with E-state index in [4.69, 9.17) is 11.5 Å². The molecule has 17 heteroatoms. The fourth-order valence-electron chi connectivity index (χ4n) is 1.55. The van der Waals surface area contributed by atoms with E-state index < -0.39 is 20.2 Å². The van der Waals surface area contributed by atoms with E-state index in [1.807, 2.05) is 0 Å². The molecule has 0 heterocycles. The molecule has 0 saturated heterocycles. The SMILES string of the molecule is Cc1ccc(S(=O)(=O)[O-])cc1N.Cc1ccc(S(=O)(=O)[O-])cc1N.[Co+2].[OH3+].[OH3+].[OH3+].[OH3+].[OH3+].[OH3+]. The number of nitrogens with two attached hydrogens (primary N) is 2. The fraction of sp³-hybridized carbons (Fsp3) is 0.143. The van der Waals surface area contributed by atoms with Gasteiger partial charge in [0.1, 0.15) is 20.2 Å². The van der Waals surface area contributed by atoms with Crippen LogP contribution in [-0.2, 0) is 69.9 Å². The molecule has 22 N–H and O–H groups in total. The summed E-state index contributed by atoms with van der Waals surface area (Å²) in [6, 6.07) is 7.82. The Morgan fingerprint density at radius 3 is 1.00 bits per heavy atom. The molecule has 0 fully saturated rings. The molecule has 1 radical (unpaired) electrons. The minimum absolute atomic E-state index is 0. The predicted octanol–water partition coefficient (Wildman–Crippen LogP) is -4.57. The van der Waals surface area contributed by atoms with Gasteiger partial charge in [-0.05, 0) is 49.2 Å². The fourth-order valence-corrected chi connectivity index (χ4v) is 2.56. The number of hydrogen-bond donors (Lipinski definition) is 2. The summed E-state index contributed by atoms with van der Waals surface area (Å²) in [5.41, 5.74) is 13.0. The molecular weight excluding hydrogens is 511 g/mol. The Bertz CT molecular complexity index is 890. The average Bonchev–Trinajstić information content (AvgIpc) is 2.43. The largest absolute Gasteiger partial charge is 2.00 e. The predicted molar refractivity (Wildman–Crippen MR) is 116 cm³/mol. The summed E-state index contributed by atoms with van der Waals surface area (Å²) in [6.45, 7) is 3.47. The first-order valence-electron chi connectivity index (χ1n) is 6.46. The van der Waals surface area contributed by atoms with Crippen molar-refractivity contribution in [2.45, 2.75) is 23.6 Å². The van der Waals surface area contributed by atoms with Crippen LogP contribution in [0.3, 0.4) is 0 Å². The summed E-state index contributed by atoms with van der Waals surface area (Å²) in [6.07, 6.45) is 0. The number of nitrogen functional groups attached to an aromatic ring is 2. The van der Waals surface area contributed by atoms with Gasteiger partial charge in [-0.3, -0.25) is 0 Å². The monoisotopic (exact) mass is 545 g/mol. The molecule has 0 saturated carbocycles. The van der Waals surface area contributed by atoms with Gasteiger partial charge in [-0.25, -0.2) is 16.8 Å². The molecule has 0 aliphatic carbocycles. The van der Waals surface area contributed by atoms with Crippen molar-refractivity contribution in [3.63, 3.8) is 0 Å². The third kappa shape index (κ3) is 14.7. The Morgan fingerprint density at radius 1 is 0.613 bits per heavy atom. The van der Waals surface area contributed by atoms with Crippen molar-refractivity contribution in [3.8, 4) is 0 Å². The van der Waals surface area contributed by atoms with Crippen molar-refractivity contribution in [2.24, 2.45) is 0 Å². The van der Waals surface area contributed by atoms with E-state index in [0.717, 1.165) is 23.3 Å². The molecule has 14 nitrogen and oxygen atoms in total. The van der Waals surface area contributed by atoms with Crippen LogP contribution in [0.4, 0.5) is 11.4 Å². The quantitative estimate of drug-likeness (QED) is 0.209. The van der Waals surface area contributed by atoms with Gasteiger partial charge in [0.2, 0.25) is 0 Å². The van der Waals surface area contributed by atoms with E-state index in [0.29, 0.717) is 11.4 Å². The van der Waals surface area contributed by atoms with E-state index >= 15 is 0 Å². The summed E-state index contributed by atoms with van der Waals surface area (Å²) in [4.78, 5) is -0.573. The second kappa shape index (κ2) is 17.8. The van der Waals surface area contributed by atoms with Crippen molar-refractivity contribution in [2.75, 3.05) is 11.5 Å². The third-order valence-electron chi connectivity index (χ3n) is 3.08. The molecule has 0 unspecified atom stereocenters. The first-order valence-corrected chi connectivity index (χ1v) is 9.28. The van der Waals surface area contributed by atoms with Crippen LogP contribution >= 0.6 is 0 Å². The molecule has 31 heavy (non-hydrogen) atoms. The number of anilines is 2. The van der Waals surface area contributed by atoms with E-state index in [-0.39, 0.29) is 59.4 Å². The van der Waals surface area contributed by atoms with Crippen LogP contribution in [0.5, 0.6) is 0 Å². The number of aryl methyl sites for hydroxylation is 2. The maximum atomic E-state index is 10.5. The first-order chi connectivity index (χ1) is 10.8. The molecule has 0 aliphatic heterocycles. The van der Waals surface area contributed by atoms with Crippen LogP contribution in [0, 0.1) is 13.8 Å². The topological polar surface area (TPSA) is 364 Å². The van der Waals surface area contributed by atoms with E-state index in [1.54, 1.807) is 13.8 Å². The van der Waals surface area contributed by atoms with Gasteiger partial charge in [-0.15, -0.1) is 0 Å². The second-order valence-corrected chi connectivity index (χ2v) is 7.70. The molecular formula is C14H34CoN2O12S2+6. The summed E-state index contributed by atoms with van der Waals surface area (Å²) < 4.78 is 62.9. The van der Waals surface area contributed by atoms with Crippen LogP contribution < -0.4 is 11.5 Å². The van der Waals surface area contributed by atoms with Crippen LogP contribution in [0.15, 0.2) is 46.2 Å². The van der Waals surface area contributed by atoms with E-state index in [9.17, 15) is 25.9 Å². The van der Waals surface area contributed by atoms with Gasteiger partial charge in [0, 0.05) is 11.4 Å². The Balaban J connectivity index is -0.0000000606. The molecule has 0 bridgehead atoms. The first kappa shape index (κ1) is 47.1. The van der Waals surface area contributed by atoms with Gasteiger partial charge in [0.25, 0.3) is 0 Å². The second-order valence-electron chi connectivity index (χ2n) is 4.95. The standard InChI is InChI=1S/2C7H9NO3S.Co.6H2O/c2*1-5-2-3-6(4-7(5)8)12(9,10)11;;;;;;;/h2*2-4H,8H2,1H3,(H,9,10,11);;6*1H2/q;;+2;;;;;;/p+4. The number of rotatable bonds is 2. The smallest absolute Gasteiger partial charge is 0.744 e. The molecule has 2 aromatic carbocycles. The van der Waals surface area contributed by atoms with Crippen molar-refractivity contribution in [1.29, 1.82) is 0 Å². The molecule has 187 valence electrons. The van der Waals surface area contributed by atoms with E-state index in [1.165, 1.54) is 24.3 Å². The van der Waals surface area contributed by atoms with Gasteiger partial charge < -0.3 is 53.4 Å². The summed E-state index contributed by atoms with van der Waals surface area (Å²) in [5.74, 6) is 0. The van der Waals surface area contributed by atoms with Crippen LogP contribution in [0.2, 0.25) is 0 Å². The molecule has 2 rings (SSSR count). The van der Waals surface area contributed by atoms with Gasteiger partial charge in [0.15, 0.2) is 0 Å². The summed E-state index contributed by atoms with van der Waals surface area (Å²) in [5, 5.41) is 0. The van der Waals surface area contributed by atoms with E-state index in [2.05, 4.69) is 0 Å².